The molecule has 1 amide bonds. The van der Waals surface area contributed by atoms with Crippen LogP contribution in [-0.4, -0.2) is 21.1 Å². The van der Waals surface area contributed by atoms with Crippen LogP contribution in [0.15, 0.2) is 73.1 Å². The van der Waals surface area contributed by atoms with Crippen molar-refractivity contribution in [2.75, 3.05) is 5.32 Å². The molecule has 0 spiro atoms. The first-order chi connectivity index (χ1) is 13.8. The van der Waals surface area contributed by atoms with Gasteiger partial charge in [0.15, 0.2) is 0 Å². The molecule has 4 aromatic rings. The van der Waals surface area contributed by atoms with E-state index >= 15 is 0 Å². The summed E-state index contributed by atoms with van der Waals surface area (Å²) in [4.78, 5) is 16.4. The molecule has 0 fully saturated rings. The lowest BCUT2D eigenvalue weighted by Crippen LogP contribution is -2.11. The van der Waals surface area contributed by atoms with Crippen LogP contribution in [-0.2, 0) is 0 Å². The van der Waals surface area contributed by atoms with Gasteiger partial charge in [0.05, 0.1) is 11.2 Å². The van der Waals surface area contributed by atoms with Crippen LogP contribution in [0.5, 0.6) is 0 Å². The van der Waals surface area contributed by atoms with E-state index in [2.05, 4.69) is 20.5 Å². The number of H-pyrrole nitrogens is 1. The highest BCUT2D eigenvalue weighted by Gasteiger charge is 2.08. The normalized spacial score (nSPS) is 10.5. The Balaban J connectivity index is 0.00000109. The Bertz CT molecular complexity index is 1070. The molecule has 4 rings (SSSR count). The van der Waals surface area contributed by atoms with Crippen LogP contribution >= 0.6 is 0 Å². The maximum absolute atomic E-state index is 12.3. The van der Waals surface area contributed by atoms with Crippen LogP contribution in [0.25, 0.3) is 23.1 Å². The summed E-state index contributed by atoms with van der Waals surface area (Å²) in [6.45, 7) is 4.00. The average molecular weight is 370 g/mol. The largest absolute Gasteiger partial charge is 0.322 e. The van der Waals surface area contributed by atoms with Crippen molar-refractivity contribution >= 4 is 34.6 Å². The van der Waals surface area contributed by atoms with E-state index in [1.165, 1.54) is 0 Å². The molecule has 0 aliphatic carbocycles. The van der Waals surface area contributed by atoms with E-state index < -0.39 is 0 Å². The zero-order valence-corrected chi connectivity index (χ0v) is 15.9. The zero-order valence-electron chi connectivity index (χ0n) is 15.9. The Hall–Kier alpha value is -3.73. The molecule has 140 valence electrons. The number of pyridine rings is 1. The predicted molar refractivity (Wildman–Crippen MR) is 115 cm³/mol. The Morgan fingerprint density at radius 1 is 1.00 bits per heavy atom. The SMILES string of the molecule is CC.O=C(Nc1ccc2[nH]nc(/C=C/c3cccnc3)c2c1)c1ccccc1. The fourth-order valence-corrected chi connectivity index (χ4v) is 2.68. The van der Waals surface area contributed by atoms with Gasteiger partial charge in [0, 0.05) is 29.0 Å². The average Bonchev–Trinajstić information content (AvgIpc) is 3.17. The maximum Gasteiger partial charge on any atom is 0.255 e. The smallest absolute Gasteiger partial charge is 0.255 e. The number of carbonyl (C=O) groups is 1. The topological polar surface area (TPSA) is 70.7 Å². The molecule has 0 unspecified atom stereocenters. The number of hydrogen-bond donors (Lipinski definition) is 2. The van der Waals surface area contributed by atoms with Crippen molar-refractivity contribution in [1.82, 2.24) is 15.2 Å². The quantitative estimate of drug-likeness (QED) is 0.505. The number of anilines is 1. The summed E-state index contributed by atoms with van der Waals surface area (Å²) in [5.41, 5.74) is 4.06. The van der Waals surface area contributed by atoms with E-state index in [1.54, 1.807) is 24.5 Å². The summed E-state index contributed by atoms with van der Waals surface area (Å²) in [5, 5.41) is 11.2. The Morgan fingerprint density at radius 3 is 2.57 bits per heavy atom. The first kappa shape index (κ1) is 19.0. The van der Waals surface area contributed by atoms with Crippen molar-refractivity contribution < 1.29 is 4.79 Å². The van der Waals surface area contributed by atoms with E-state index in [4.69, 9.17) is 0 Å². The van der Waals surface area contributed by atoms with Crippen LogP contribution < -0.4 is 5.32 Å². The van der Waals surface area contributed by atoms with E-state index in [0.717, 1.165) is 27.8 Å². The van der Waals surface area contributed by atoms with E-state index in [9.17, 15) is 4.79 Å². The Morgan fingerprint density at radius 2 is 1.82 bits per heavy atom. The monoisotopic (exact) mass is 370 g/mol. The molecular weight excluding hydrogens is 348 g/mol. The van der Waals surface area contributed by atoms with Crippen LogP contribution in [0.2, 0.25) is 0 Å². The summed E-state index contributed by atoms with van der Waals surface area (Å²) in [6, 6.07) is 18.7. The second-order valence-electron chi connectivity index (χ2n) is 5.81. The van der Waals surface area contributed by atoms with Gasteiger partial charge in [-0.15, -0.1) is 0 Å². The zero-order chi connectivity index (χ0) is 19.8. The molecule has 0 saturated heterocycles. The molecule has 2 aromatic heterocycles. The number of fused-ring (bicyclic) bond motifs is 1. The third-order valence-electron chi connectivity index (χ3n) is 4.00. The number of carbonyl (C=O) groups excluding carboxylic acids is 1. The van der Waals surface area contributed by atoms with Crippen LogP contribution in [0, 0.1) is 0 Å². The minimum Gasteiger partial charge on any atom is -0.322 e. The predicted octanol–water partition coefficient (Wildman–Crippen LogP) is 5.41. The number of amides is 1. The second kappa shape index (κ2) is 9.28. The van der Waals surface area contributed by atoms with Gasteiger partial charge in [-0.1, -0.05) is 44.2 Å². The van der Waals surface area contributed by atoms with Gasteiger partial charge in [-0.25, -0.2) is 0 Å². The molecule has 5 heteroatoms. The number of aromatic amines is 1. The maximum atomic E-state index is 12.3. The second-order valence-corrected chi connectivity index (χ2v) is 5.81. The molecular formula is C23H22N4O. The first-order valence-electron chi connectivity index (χ1n) is 9.22. The van der Waals surface area contributed by atoms with Crippen molar-refractivity contribution in [3.05, 3.63) is 89.9 Å². The molecule has 2 N–H and O–H groups in total. The molecule has 0 radical (unpaired) electrons. The fourth-order valence-electron chi connectivity index (χ4n) is 2.68. The Labute approximate surface area is 164 Å². The van der Waals surface area contributed by atoms with Gasteiger partial charge in [-0.05, 0) is 48.0 Å². The van der Waals surface area contributed by atoms with Gasteiger partial charge in [-0.3, -0.25) is 14.9 Å². The number of rotatable bonds is 4. The number of benzene rings is 2. The van der Waals surface area contributed by atoms with E-state index in [0.29, 0.717) is 5.56 Å². The molecule has 0 atom stereocenters. The van der Waals surface area contributed by atoms with Crippen molar-refractivity contribution in [2.24, 2.45) is 0 Å². The van der Waals surface area contributed by atoms with Crippen molar-refractivity contribution in [3.63, 3.8) is 0 Å². The first-order valence-corrected chi connectivity index (χ1v) is 9.22. The van der Waals surface area contributed by atoms with Crippen LogP contribution in [0.1, 0.15) is 35.5 Å². The number of hydrogen-bond acceptors (Lipinski definition) is 3. The molecule has 0 saturated carbocycles. The lowest BCUT2D eigenvalue weighted by molar-refractivity contribution is 0.102. The van der Waals surface area contributed by atoms with Gasteiger partial charge in [0.2, 0.25) is 0 Å². The summed E-state index contributed by atoms with van der Waals surface area (Å²) in [5.74, 6) is -0.138. The molecule has 0 bridgehead atoms. The summed E-state index contributed by atoms with van der Waals surface area (Å²) >= 11 is 0. The van der Waals surface area contributed by atoms with Crippen LogP contribution in [0.4, 0.5) is 5.69 Å². The molecule has 0 aliphatic heterocycles. The molecule has 2 heterocycles. The van der Waals surface area contributed by atoms with Crippen molar-refractivity contribution in [1.29, 1.82) is 0 Å². The highest BCUT2D eigenvalue weighted by molar-refractivity contribution is 6.05. The number of nitrogens with zero attached hydrogens (tertiary/aromatic N) is 2. The molecule has 5 nitrogen and oxygen atoms in total. The van der Waals surface area contributed by atoms with Crippen molar-refractivity contribution in [2.45, 2.75) is 13.8 Å². The third kappa shape index (κ3) is 4.51. The minimum absolute atomic E-state index is 0.138. The molecule has 2 aromatic carbocycles. The highest BCUT2D eigenvalue weighted by Crippen LogP contribution is 2.22. The van der Waals surface area contributed by atoms with Gasteiger partial charge in [0.25, 0.3) is 5.91 Å². The number of nitrogens with one attached hydrogen (secondary N) is 2. The number of aromatic nitrogens is 3. The van der Waals surface area contributed by atoms with Gasteiger partial charge < -0.3 is 5.32 Å². The summed E-state index contributed by atoms with van der Waals surface area (Å²) < 4.78 is 0. The minimum atomic E-state index is -0.138. The fraction of sp³-hybridized carbons (Fsp3) is 0.0870. The summed E-state index contributed by atoms with van der Waals surface area (Å²) in [6.07, 6.45) is 7.41. The molecule has 28 heavy (non-hydrogen) atoms. The highest BCUT2D eigenvalue weighted by atomic mass is 16.1. The van der Waals surface area contributed by atoms with E-state index in [-0.39, 0.29) is 5.91 Å². The van der Waals surface area contributed by atoms with Gasteiger partial charge >= 0.3 is 0 Å². The third-order valence-corrected chi connectivity index (χ3v) is 4.00. The lowest BCUT2D eigenvalue weighted by Gasteiger charge is -2.05. The van der Waals surface area contributed by atoms with Gasteiger partial charge in [0.1, 0.15) is 0 Å². The summed E-state index contributed by atoms with van der Waals surface area (Å²) in [7, 11) is 0. The molecule has 0 aliphatic rings. The standard InChI is InChI=1S/C21H16N4O.C2H6/c26-21(16-6-2-1-3-7-16)23-17-9-11-20-18(13-17)19(24-25-20)10-8-15-5-4-12-22-14-15;1-2/h1-14H,(H,23,26)(H,24,25);1-2H3/b10-8+;. The van der Waals surface area contributed by atoms with Crippen molar-refractivity contribution in [3.8, 4) is 0 Å². The Kier molecular flexibility index (Phi) is 6.31. The lowest BCUT2D eigenvalue weighted by atomic mass is 10.1. The van der Waals surface area contributed by atoms with E-state index in [1.807, 2.05) is 74.5 Å². The van der Waals surface area contributed by atoms with Crippen LogP contribution in [0.3, 0.4) is 0 Å². The van der Waals surface area contributed by atoms with Gasteiger partial charge in [-0.2, -0.15) is 5.10 Å².